The van der Waals surface area contributed by atoms with Gasteiger partial charge in [0.05, 0.1) is 0 Å². The first-order valence-corrected chi connectivity index (χ1v) is 6.23. The van der Waals surface area contributed by atoms with Crippen LogP contribution in [0.2, 0.25) is 5.15 Å². The van der Waals surface area contributed by atoms with Gasteiger partial charge < -0.3 is 0 Å². The highest BCUT2D eigenvalue weighted by atomic mass is 35.5. The first kappa shape index (κ1) is 11.4. The monoisotopic (exact) mass is 250 g/mol. The topological polar surface area (TPSA) is 25.8 Å². The molecule has 4 heteroatoms. The normalized spacial score (nSPS) is 10.4. The van der Waals surface area contributed by atoms with Gasteiger partial charge in [-0.1, -0.05) is 48.5 Å². The Morgan fingerprint density at radius 3 is 2.62 bits per heavy atom. The second-order valence-electron chi connectivity index (χ2n) is 3.22. The lowest BCUT2D eigenvalue weighted by atomic mass is 10.3. The minimum absolute atomic E-state index is 0.552. The minimum Gasteiger partial charge on any atom is -0.229 e. The van der Waals surface area contributed by atoms with Crippen LogP contribution >= 0.6 is 23.4 Å². The number of rotatable bonds is 3. The Bertz CT molecular complexity index is 474. The highest BCUT2D eigenvalue weighted by molar-refractivity contribution is 7.99. The van der Waals surface area contributed by atoms with Crippen molar-refractivity contribution < 1.29 is 0 Å². The number of hydrogen-bond donors (Lipinski definition) is 0. The van der Waals surface area contributed by atoms with Crippen molar-refractivity contribution in [2.75, 3.05) is 0 Å². The predicted molar refractivity (Wildman–Crippen MR) is 67.0 cm³/mol. The third-order valence-electron chi connectivity index (χ3n) is 2.16. The van der Waals surface area contributed by atoms with Crippen molar-refractivity contribution in [3.8, 4) is 0 Å². The second-order valence-corrected chi connectivity index (χ2v) is 4.64. The first-order chi connectivity index (χ1) is 7.81. The second kappa shape index (κ2) is 5.32. The molecule has 0 aliphatic rings. The summed E-state index contributed by atoms with van der Waals surface area (Å²) in [5, 5.41) is 1.49. The number of hydrogen-bond acceptors (Lipinski definition) is 3. The molecule has 0 aliphatic heterocycles. The van der Waals surface area contributed by atoms with Gasteiger partial charge in [-0.25, -0.2) is 9.97 Å². The summed E-state index contributed by atoms with van der Waals surface area (Å²) >= 11 is 7.65. The summed E-state index contributed by atoms with van der Waals surface area (Å²) in [6, 6.07) is 10.1. The van der Waals surface area contributed by atoms with E-state index in [4.69, 9.17) is 11.6 Å². The van der Waals surface area contributed by atoms with E-state index in [1.165, 1.54) is 6.33 Å². The molecule has 0 unspecified atom stereocenters. The molecule has 0 aliphatic carbocycles. The maximum Gasteiger partial charge on any atom is 0.136 e. The van der Waals surface area contributed by atoms with Crippen LogP contribution in [0, 0.1) is 0 Å². The van der Waals surface area contributed by atoms with E-state index in [9.17, 15) is 0 Å². The van der Waals surface area contributed by atoms with Crippen molar-refractivity contribution in [1.29, 1.82) is 0 Å². The molecule has 0 saturated heterocycles. The smallest absolute Gasteiger partial charge is 0.136 e. The first-order valence-electron chi connectivity index (χ1n) is 5.03. The van der Waals surface area contributed by atoms with Crippen molar-refractivity contribution >= 4 is 23.4 Å². The van der Waals surface area contributed by atoms with Crippen molar-refractivity contribution in [1.82, 2.24) is 9.97 Å². The van der Waals surface area contributed by atoms with Gasteiger partial charge in [0.2, 0.25) is 0 Å². The summed E-state index contributed by atoms with van der Waals surface area (Å²) in [4.78, 5) is 9.43. The molecule has 1 heterocycles. The molecule has 0 amide bonds. The Labute approximate surface area is 104 Å². The van der Waals surface area contributed by atoms with Crippen molar-refractivity contribution in [2.45, 2.75) is 23.3 Å². The van der Waals surface area contributed by atoms with Gasteiger partial charge in [-0.15, -0.1) is 0 Å². The molecule has 2 aromatic rings. The zero-order valence-electron chi connectivity index (χ0n) is 8.85. The summed E-state index contributed by atoms with van der Waals surface area (Å²) in [5.41, 5.74) is 1.01. The zero-order chi connectivity index (χ0) is 11.4. The number of benzene rings is 1. The van der Waals surface area contributed by atoms with Crippen LogP contribution in [-0.2, 0) is 6.42 Å². The molecule has 0 fully saturated rings. The van der Waals surface area contributed by atoms with Crippen LogP contribution < -0.4 is 0 Å². The fourth-order valence-electron chi connectivity index (χ4n) is 1.36. The lowest BCUT2D eigenvalue weighted by molar-refractivity contribution is 0.944. The van der Waals surface area contributed by atoms with E-state index in [2.05, 4.69) is 29.0 Å². The van der Waals surface area contributed by atoms with Crippen LogP contribution in [0.3, 0.4) is 0 Å². The molecule has 1 aromatic carbocycles. The molecule has 2 nitrogen and oxygen atoms in total. The average Bonchev–Trinajstić information content (AvgIpc) is 2.31. The molecule has 2 rings (SSSR count). The maximum absolute atomic E-state index is 6.03. The fraction of sp³-hybridized carbons (Fsp3) is 0.167. The molecule has 0 atom stereocenters. The standard InChI is InChI=1S/C12H11ClN2S/c1-2-10-11(13)14-8-15-12(10)16-9-6-4-3-5-7-9/h3-8H,2H2,1H3. The third kappa shape index (κ3) is 2.54. The molecule has 82 valence electrons. The minimum atomic E-state index is 0.552. The van der Waals surface area contributed by atoms with Gasteiger partial charge in [0, 0.05) is 10.5 Å². The quantitative estimate of drug-likeness (QED) is 0.774. The van der Waals surface area contributed by atoms with Crippen LogP contribution in [0.15, 0.2) is 46.6 Å². The van der Waals surface area contributed by atoms with Gasteiger partial charge in [-0.05, 0) is 18.6 Å². The van der Waals surface area contributed by atoms with Crippen LogP contribution in [0.25, 0.3) is 0 Å². The SMILES string of the molecule is CCc1c(Cl)ncnc1Sc1ccccc1. The Morgan fingerprint density at radius 2 is 1.94 bits per heavy atom. The number of halogens is 1. The summed E-state index contributed by atoms with van der Waals surface area (Å²) in [7, 11) is 0. The number of aromatic nitrogens is 2. The van der Waals surface area contributed by atoms with Gasteiger partial charge in [0.15, 0.2) is 0 Å². The molecule has 16 heavy (non-hydrogen) atoms. The van der Waals surface area contributed by atoms with E-state index < -0.39 is 0 Å². The van der Waals surface area contributed by atoms with Gasteiger partial charge >= 0.3 is 0 Å². The van der Waals surface area contributed by atoms with Gasteiger partial charge in [0.25, 0.3) is 0 Å². The average molecular weight is 251 g/mol. The van der Waals surface area contributed by atoms with Crippen LogP contribution in [-0.4, -0.2) is 9.97 Å². The van der Waals surface area contributed by atoms with Crippen LogP contribution in [0.4, 0.5) is 0 Å². The summed E-state index contributed by atoms with van der Waals surface area (Å²) in [6.07, 6.45) is 2.35. The Balaban J connectivity index is 2.31. The Kier molecular flexibility index (Phi) is 3.80. The lowest BCUT2D eigenvalue weighted by Gasteiger charge is -2.06. The molecule has 0 saturated carbocycles. The van der Waals surface area contributed by atoms with E-state index in [1.54, 1.807) is 11.8 Å². The molecule has 0 radical (unpaired) electrons. The van der Waals surface area contributed by atoms with Crippen LogP contribution in [0.5, 0.6) is 0 Å². The van der Waals surface area contributed by atoms with Crippen molar-refractivity contribution in [2.24, 2.45) is 0 Å². The number of nitrogens with zero attached hydrogens (tertiary/aromatic N) is 2. The van der Waals surface area contributed by atoms with E-state index in [0.717, 1.165) is 21.9 Å². The molecule has 0 N–H and O–H groups in total. The molecule has 1 aromatic heterocycles. The largest absolute Gasteiger partial charge is 0.229 e. The summed E-state index contributed by atoms with van der Waals surface area (Å²) in [5.74, 6) is 0. The molecule has 0 bridgehead atoms. The summed E-state index contributed by atoms with van der Waals surface area (Å²) < 4.78 is 0. The van der Waals surface area contributed by atoms with E-state index >= 15 is 0 Å². The Hall–Kier alpha value is -1.06. The molecular formula is C12H11ClN2S. The Morgan fingerprint density at radius 1 is 1.19 bits per heavy atom. The van der Waals surface area contributed by atoms with E-state index in [0.29, 0.717) is 5.15 Å². The fourth-order valence-corrected chi connectivity index (χ4v) is 2.66. The molecular weight excluding hydrogens is 240 g/mol. The van der Waals surface area contributed by atoms with Gasteiger partial charge in [0.1, 0.15) is 16.5 Å². The molecule has 0 spiro atoms. The third-order valence-corrected chi connectivity index (χ3v) is 3.54. The van der Waals surface area contributed by atoms with Gasteiger partial charge in [-0.2, -0.15) is 0 Å². The highest BCUT2D eigenvalue weighted by Crippen LogP contribution is 2.30. The van der Waals surface area contributed by atoms with Crippen molar-refractivity contribution in [3.05, 3.63) is 47.4 Å². The highest BCUT2D eigenvalue weighted by Gasteiger charge is 2.08. The van der Waals surface area contributed by atoms with Crippen LogP contribution in [0.1, 0.15) is 12.5 Å². The van der Waals surface area contributed by atoms with Crippen molar-refractivity contribution in [3.63, 3.8) is 0 Å². The summed E-state index contributed by atoms with van der Waals surface area (Å²) in [6.45, 7) is 2.06. The predicted octanol–water partition coefficient (Wildman–Crippen LogP) is 3.84. The zero-order valence-corrected chi connectivity index (χ0v) is 10.4. The van der Waals surface area contributed by atoms with Gasteiger partial charge in [-0.3, -0.25) is 0 Å². The maximum atomic E-state index is 6.03. The van der Waals surface area contributed by atoms with E-state index in [-0.39, 0.29) is 0 Å². The van der Waals surface area contributed by atoms with E-state index in [1.807, 2.05) is 18.2 Å². The lowest BCUT2D eigenvalue weighted by Crippen LogP contribution is -1.93.